The fourth-order valence-electron chi connectivity index (χ4n) is 2.12. The van der Waals surface area contributed by atoms with Gasteiger partial charge in [-0.15, -0.1) is 10.2 Å². The van der Waals surface area contributed by atoms with Crippen LogP contribution in [-0.2, 0) is 19.3 Å². The highest BCUT2D eigenvalue weighted by molar-refractivity contribution is 5.49. The fraction of sp³-hybridized carbons (Fsp3) is 0.364. The van der Waals surface area contributed by atoms with Gasteiger partial charge in [-0.05, 0) is 12.1 Å². The number of nitrogens with two attached hydrogens (primary N) is 1. The van der Waals surface area contributed by atoms with Gasteiger partial charge in [0.25, 0.3) is 0 Å². The topological polar surface area (TPSA) is 72.9 Å². The van der Waals surface area contributed by atoms with Crippen LogP contribution in [0.5, 0.6) is 0 Å². The zero-order chi connectivity index (χ0) is 14.3. The van der Waals surface area contributed by atoms with Crippen LogP contribution in [0.3, 0.4) is 0 Å². The molecule has 1 aliphatic rings. The molecular weight excluding hydrogens is 273 g/mol. The first kappa shape index (κ1) is 12.7. The van der Waals surface area contributed by atoms with Gasteiger partial charge in [-0.3, -0.25) is 0 Å². The number of nitrogen functional groups attached to an aromatic ring is 1. The molecule has 3 heterocycles. The molecule has 0 fully saturated rings. The van der Waals surface area contributed by atoms with Crippen molar-refractivity contribution in [3.63, 3.8) is 0 Å². The Morgan fingerprint density at radius 2 is 2.00 bits per heavy atom. The van der Waals surface area contributed by atoms with Gasteiger partial charge in [0.15, 0.2) is 5.82 Å². The van der Waals surface area contributed by atoms with Crippen LogP contribution in [-0.4, -0.2) is 26.3 Å². The molecule has 0 saturated carbocycles. The zero-order valence-corrected chi connectivity index (χ0v) is 10.3. The van der Waals surface area contributed by atoms with Crippen molar-refractivity contribution < 1.29 is 13.2 Å². The van der Waals surface area contributed by atoms with Crippen molar-refractivity contribution in [2.75, 3.05) is 17.2 Å². The number of nitrogens with zero attached hydrogens (tertiary/aromatic N) is 5. The number of pyridine rings is 1. The summed E-state index contributed by atoms with van der Waals surface area (Å²) in [7, 11) is 0. The lowest BCUT2D eigenvalue weighted by atomic mass is 10.2. The lowest BCUT2D eigenvalue weighted by Crippen LogP contribution is -2.34. The summed E-state index contributed by atoms with van der Waals surface area (Å²) in [4.78, 5) is 5.68. The Kier molecular flexibility index (Phi) is 2.77. The molecule has 2 aromatic heterocycles. The van der Waals surface area contributed by atoms with Crippen molar-refractivity contribution in [2.24, 2.45) is 0 Å². The highest BCUT2D eigenvalue weighted by Gasteiger charge is 2.32. The van der Waals surface area contributed by atoms with Gasteiger partial charge >= 0.3 is 6.18 Å². The summed E-state index contributed by atoms with van der Waals surface area (Å²) in [6.07, 6.45) is -2.85. The molecule has 0 spiro atoms. The van der Waals surface area contributed by atoms with Crippen molar-refractivity contribution in [1.29, 1.82) is 0 Å². The second-order valence-electron chi connectivity index (χ2n) is 4.50. The highest BCUT2D eigenvalue weighted by Crippen LogP contribution is 2.32. The van der Waals surface area contributed by atoms with E-state index < -0.39 is 11.7 Å². The van der Waals surface area contributed by atoms with Crippen molar-refractivity contribution in [3.05, 3.63) is 29.8 Å². The predicted octanol–water partition coefficient (Wildman–Crippen LogP) is 1.29. The molecule has 0 atom stereocenters. The van der Waals surface area contributed by atoms with Crippen LogP contribution in [0.15, 0.2) is 18.5 Å². The normalized spacial score (nSPS) is 15.2. The van der Waals surface area contributed by atoms with Crippen LogP contribution in [0.25, 0.3) is 0 Å². The summed E-state index contributed by atoms with van der Waals surface area (Å²) in [5.74, 6) is 0.738. The number of hydrogen-bond donors (Lipinski definition) is 1. The summed E-state index contributed by atoms with van der Waals surface area (Å²) >= 11 is 0. The van der Waals surface area contributed by atoms with Crippen LogP contribution < -0.4 is 10.6 Å². The number of hydrogen-bond acceptors (Lipinski definition) is 5. The number of aromatic nitrogens is 4. The maximum atomic E-state index is 12.8. The van der Waals surface area contributed by atoms with Crippen LogP contribution in [0.4, 0.5) is 24.8 Å². The molecule has 0 aliphatic carbocycles. The van der Waals surface area contributed by atoms with E-state index in [4.69, 9.17) is 5.73 Å². The van der Waals surface area contributed by atoms with E-state index in [2.05, 4.69) is 15.2 Å². The van der Waals surface area contributed by atoms with Gasteiger partial charge < -0.3 is 15.2 Å². The molecule has 0 bridgehead atoms. The van der Waals surface area contributed by atoms with E-state index in [9.17, 15) is 13.2 Å². The monoisotopic (exact) mass is 284 g/mol. The largest absolute Gasteiger partial charge is 0.416 e. The average Bonchev–Trinajstić information content (AvgIpc) is 2.84. The third kappa shape index (κ3) is 2.26. The molecule has 0 saturated heterocycles. The summed E-state index contributed by atoms with van der Waals surface area (Å²) in [5, 5.41) is 7.68. The van der Waals surface area contributed by atoms with Gasteiger partial charge in [0.2, 0.25) is 0 Å². The van der Waals surface area contributed by atoms with E-state index in [1.165, 1.54) is 0 Å². The van der Waals surface area contributed by atoms with Crippen LogP contribution in [0.2, 0.25) is 0 Å². The predicted molar refractivity (Wildman–Crippen MR) is 64.7 cm³/mol. The Bertz CT molecular complexity index is 635. The molecular formula is C11H11F3N6. The minimum absolute atomic E-state index is 0.151. The smallest absolute Gasteiger partial charge is 0.384 e. The quantitative estimate of drug-likeness (QED) is 0.854. The van der Waals surface area contributed by atoms with E-state index in [0.29, 0.717) is 25.5 Å². The van der Waals surface area contributed by atoms with Crippen molar-refractivity contribution >= 4 is 11.6 Å². The first-order valence-corrected chi connectivity index (χ1v) is 5.90. The minimum Gasteiger partial charge on any atom is -0.384 e. The molecule has 0 aromatic carbocycles. The van der Waals surface area contributed by atoms with Crippen molar-refractivity contribution in [2.45, 2.75) is 19.3 Å². The molecule has 0 unspecified atom stereocenters. The molecule has 106 valence electrons. The lowest BCUT2D eigenvalue weighted by Gasteiger charge is -2.28. The third-order valence-corrected chi connectivity index (χ3v) is 3.12. The lowest BCUT2D eigenvalue weighted by molar-refractivity contribution is -0.137. The molecule has 2 aromatic rings. The van der Waals surface area contributed by atoms with Crippen LogP contribution in [0, 0.1) is 0 Å². The van der Waals surface area contributed by atoms with Crippen molar-refractivity contribution in [1.82, 2.24) is 19.7 Å². The summed E-state index contributed by atoms with van der Waals surface area (Å²) < 4.78 is 40.2. The summed E-state index contributed by atoms with van der Waals surface area (Å²) in [5.41, 5.74) is 4.67. The van der Waals surface area contributed by atoms with E-state index in [-0.39, 0.29) is 11.6 Å². The molecule has 0 amide bonds. The van der Waals surface area contributed by atoms with Gasteiger partial charge in [0, 0.05) is 13.1 Å². The fourth-order valence-corrected chi connectivity index (χ4v) is 2.12. The Labute approximate surface area is 112 Å². The maximum Gasteiger partial charge on any atom is 0.416 e. The van der Waals surface area contributed by atoms with E-state index in [1.54, 1.807) is 11.2 Å². The molecule has 6 nitrogen and oxygen atoms in total. The Balaban J connectivity index is 1.93. The van der Waals surface area contributed by atoms with E-state index in [0.717, 1.165) is 12.1 Å². The molecule has 3 rings (SSSR count). The number of fused-ring (bicyclic) bond motifs is 1. The second kappa shape index (κ2) is 4.36. The molecule has 2 N–H and O–H groups in total. The Morgan fingerprint density at radius 3 is 2.75 bits per heavy atom. The highest BCUT2D eigenvalue weighted by atomic mass is 19.4. The molecule has 1 aliphatic heterocycles. The SMILES string of the molecule is Nc1cc(C(F)(F)F)cc(N2CCn3cnnc3C2)n1. The number of rotatable bonds is 1. The number of alkyl halides is 3. The first-order chi connectivity index (χ1) is 9.43. The third-order valence-electron chi connectivity index (χ3n) is 3.12. The van der Waals surface area contributed by atoms with E-state index in [1.807, 2.05) is 4.57 Å². The Morgan fingerprint density at radius 1 is 1.20 bits per heavy atom. The summed E-state index contributed by atoms with van der Waals surface area (Å²) in [6.45, 7) is 1.48. The molecule has 20 heavy (non-hydrogen) atoms. The van der Waals surface area contributed by atoms with Crippen molar-refractivity contribution in [3.8, 4) is 0 Å². The van der Waals surface area contributed by atoms with Gasteiger partial charge in [-0.2, -0.15) is 13.2 Å². The van der Waals surface area contributed by atoms with Gasteiger partial charge in [-0.25, -0.2) is 4.98 Å². The average molecular weight is 284 g/mol. The standard InChI is InChI=1S/C11H11F3N6/c12-11(13,14)7-3-8(15)17-9(4-7)19-1-2-20-6-16-18-10(20)5-19/h3-4,6H,1-2,5H2,(H2,15,17). The number of halogens is 3. The summed E-state index contributed by atoms with van der Waals surface area (Å²) in [6, 6.07) is 1.83. The molecule has 9 heteroatoms. The zero-order valence-electron chi connectivity index (χ0n) is 10.3. The van der Waals surface area contributed by atoms with Crippen LogP contribution in [0.1, 0.15) is 11.4 Å². The Hall–Kier alpha value is -2.32. The second-order valence-corrected chi connectivity index (χ2v) is 4.50. The number of anilines is 2. The van der Waals surface area contributed by atoms with Gasteiger partial charge in [0.05, 0.1) is 12.1 Å². The first-order valence-electron chi connectivity index (χ1n) is 5.90. The molecule has 0 radical (unpaired) electrons. The van der Waals surface area contributed by atoms with Gasteiger partial charge in [0.1, 0.15) is 18.0 Å². The van der Waals surface area contributed by atoms with Gasteiger partial charge in [-0.1, -0.05) is 0 Å². The van der Waals surface area contributed by atoms with E-state index >= 15 is 0 Å². The van der Waals surface area contributed by atoms with Crippen LogP contribution >= 0.6 is 0 Å². The maximum absolute atomic E-state index is 12.8. The minimum atomic E-state index is -4.44.